The predicted octanol–water partition coefficient (Wildman–Crippen LogP) is 1.79. The molecule has 20 heavy (non-hydrogen) atoms. The van der Waals surface area contributed by atoms with Crippen LogP contribution in [0.25, 0.3) is 0 Å². The van der Waals surface area contributed by atoms with E-state index in [0.717, 1.165) is 10.0 Å². The molecule has 0 spiro atoms. The molecule has 0 fully saturated rings. The number of sulfonamides is 1. The third-order valence-electron chi connectivity index (χ3n) is 2.84. The van der Waals surface area contributed by atoms with Crippen molar-refractivity contribution >= 4 is 26.0 Å². The van der Waals surface area contributed by atoms with Crippen molar-refractivity contribution in [1.29, 1.82) is 0 Å². The van der Waals surface area contributed by atoms with Gasteiger partial charge >= 0.3 is 0 Å². The highest BCUT2D eigenvalue weighted by molar-refractivity contribution is 9.10. The fourth-order valence-electron chi connectivity index (χ4n) is 1.79. The summed E-state index contributed by atoms with van der Waals surface area (Å²) in [4.78, 5) is 0.314. The molecule has 2 N–H and O–H groups in total. The Bertz CT molecular complexity index is 547. The Morgan fingerprint density at radius 2 is 2.05 bits per heavy atom. The Morgan fingerprint density at radius 1 is 1.35 bits per heavy atom. The zero-order chi connectivity index (χ0) is 15.2. The predicted molar refractivity (Wildman–Crippen MR) is 83.3 cm³/mol. The number of methoxy groups -OCH3 is 1. The summed E-state index contributed by atoms with van der Waals surface area (Å²) < 4.78 is 33.0. The molecule has 0 aromatic heterocycles. The van der Waals surface area contributed by atoms with E-state index in [1.54, 1.807) is 20.1 Å². The van der Waals surface area contributed by atoms with Gasteiger partial charge in [0.1, 0.15) is 0 Å². The Morgan fingerprint density at radius 3 is 2.65 bits per heavy atom. The van der Waals surface area contributed by atoms with Gasteiger partial charge in [-0.15, -0.1) is 0 Å². The second kappa shape index (κ2) is 8.09. The molecule has 1 rings (SSSR count). The lowest BCUT2D eigenvalue weighted by atomic mass is 10.1. The maximum Gasteiger partial charge on any atom is 0.240 e. The first kappa shape index (κ1) is 17.6. The summed E-state index contributed by atoms with van der Waals surface area (Å²) in [7, 11) is -0.0795. The fourth-order valence-corrected chi connectivity index (χ4v) is 3.82. The minimum absolute atomic E-state index is 0.314. The molecule has 0 aliphatic rings. The monoisotopic (exact) mass is 364 g/mol. The summed E-state index contributed by atoms with van der Waals surface area (Å²) >= 11 is 3.41. The number of rotatable bonds is 8. The van der Waals surface area contributed by atoms with Crippen molar-refractivity contribution in [2.45, 2.75) is 24.8 Å². The van der Waals surface area contributed by atoms with E-state index < -0.39 is 10.0 Å². The van der Waals surface area contributed by atoms with Gasteiger partial charge in [0.25, 0.3) is 0 Å². The molecule has 0 heterocycles. The first-order chi connectivity index (χ1) is 9.42. The molecule has 5 nitrogen and oxygen atoms in total. The topological polar surface area (TPSA) is 67.4 Å². The number of hydrogen-bond acceptors (Lipinski definition) is 4. The maximum absolute atomic E-state index is 12.3. The molecule has 0 aliphatic heterocycles. The number of benzene rings is 1. The number of hydrogen-bond donors (Lipinski definition) is 2. The largest absolute Gasteiger partial charge is 0.385 e. The lowest BCUT2D eigenvalue weighted by Crippen LogP contribution is -2.26. The van der Waals surface area contributed by atoms with Gasteiger partial charge in [-0.2, -0.15) is 0 Å². The van der Waals surface area contributed by atoms with Crippen LogP contribution < -0.4 is 10.0 Å². The van der Waals surface area contributed by atoms with Crippen LogP contribution in [0.15, 0.2) is 21.5 Å². The highest BCUT2D eigenvalue weighted by Gasteiger charge is 2.18. The molecule has 1 aromatic rings. The van der Waals surface area contributed by atoms with Gasteiger partial charge in [0.15, 0.2) is 0 Å². The van der Waals surface area contributed by atoms with Crippen molar-refractivity contribution in [3.63, 3.8) is 0 Å². The lowest BCUT2D eigenvalue weighted by Gasteiger charge is -2.13. The van der Waals surface area contributed by atoms with Crippen LogP contribution >= 0.6 is 15.9 Å². The van der Waals surface area contributed by atoms with Crippen LogP contribution in [-0.2, 0) is 21.3 Å². The quantitative estimate of drug-likeness (QED) is 0.690. The molecule has 0 radical (unpaired) electrons. The first-order valence-corrected chi connectivity index (χ1v) is 8.62. The van der Waals surface area contributed by atoms with Crippen LogP contribution in [0.4, 0.5) is 0 Å². The van der Waals surface area contributed by atoms with Crippen LogP contribution in [0, 0.1) is 6.92 Å². The second-order valence-electron chi connectivity index (χ2n) is 4.48. The van der Waals surface area contributed by atoms with E-state index in [1.165, 1.54) is 0 Å². The average Bonchev–Trinajstić information content (AvgIpc) is 2.39. The highest BCUT2D eigenvalue weighted by Crippen LogP contribution is 2.25. The lowest BCUT2D eigenvalue weighted by molar-refractivity contribution is 0.196. The van der Waals surface area contributed by atoms with E-state index in [1.807, 2.05) is 13.1 Å². The number of nitrogens with one attached hydrogen (secondary N) is 2. The minimum Gasteiger partial charge on any atom is -0.385 e. The van der Waals surface area contributed by atoms with E-state index >= 15 is 0 Å². The van der Waals surface area contributed by atoms with Crippen molar-refractivity contribution in [2.75, 3.05) is 27.3 Å². The summed E-state index contributed by atoms with van der Waals surface area (Å²) in [5, 5.41) is 3.02. The van der Waals surface area contributed by atoms with Crippen LogP contribution in [0.2, 0.25) is 0 Å². The van der Waals surface area contributed by atoms with Gasteiger partial charge in [0, 0.05) is 31.3 Å². The second-order valence-corrected chi connectivity index (χ2v) is 7.06. The first-order valence-electron chi connectivity index (χ1n) is 6.34. The van der Waals surface area contributed by atoms with Gasteiger partial charge in [0.05, 0.1) is 4.90 Å². The third kappa shape index (κ3) is 4.82. The van der Waals surface area contributed by atoms with Crippen molar-refractivity contribution in [3.05, 3.63) is 27.7 Å². The van der Waals surface area contributed by atoms with E-state index in [0.29, 0.717) is 36.6 Å². The summed E-state index contributed by atoms with van der Waals surface area (Å²) in [5.74, 6) is 0. The zero-order valence-electron chi connectivity index (χ0n) is 12.0. The Kier molecular flexibility index (Phi) is 7.11. The van der Waals surface area contributed by atoms with Crippen molar-refractivity contribution in [1.82, 2.24) is 10.0 Å². The Balaban J connectivity index is 2.98. The molecule has 0 saturated heterocycles. The Labute approximate surface area is 129 Å². The Hall–Kier alpha value is -0.470. The van der Waals surface area contributed by atoms with Crippen LogP contribution in [0.3, 0.4) is 0 Å². The summed E-state index contributed by atoms with van der Waals surface area (Å²) in [6, 6.07) is 3.63. The maximum atomic E-state index is 12.3. The molecule has 0 atom stereocenters. The number of ether oxygens (including phenoxy) is 1. The molecular weight excluding hydrogens is 344 g/mol. The van der Waals surface area contributed by atoms with Crippen molar-refractivity contribution in [2.24, 2.45) is 0 Å². The summed E-state index contributed by atoms with van der Waals surface area (Å²) in [6.07, 6.45) is 0.645. The molecule has 0 bridgehead atoms. The van der Waals surface area contributed by atoms with Crippen LogP contribution in [-0.4, -0.2) is 35.7 Å². The summed E-state index contributed by atoms with van der Waals surface area (Å²) in [6.45, 7) is 3.30. The van der Waals surface area contributed by atoms with Gasteiger partial charge in [0.2, 0.25) is 10.0 Å². The zero-order valence-corrected chi connectivity index (χ0v) is 14.4. The van der Waals surface area contributed by atoms with E-state index in [9.17, 15) is 8.42 Å². The van der Waals surface area contributed by atoms with Crippen LogP contribution in [0.1, 0.15) is 17.5 Å². The van der Waals surface area contributed by atoms with E-state index in [-0.39, 0.29) is 0 Å². The standard InChI is InChI=1S/C13H21BrN2O3S/c1-10-12(14)7-11(9-15-2)8-13(10)20(17,18)16-5-4-6-19-3/h7-8,15-16H,4-6,9H2,1-3H3. The van der Waals surface area contributed by atoms with E-state index in [2.05, 4.69) is 26.0 Å². The minimum atomic E-state index is -3.50. The van der Waals surface area contributed by atoms with Crippen molar-refractivity contribution in [3.8, 4) is 0 Å². The SMILES string of the molecule is CNCc1cc(Br)c(C)c(S(=O)(=O)NCCCOC)c1. The third-order valence-corrected chi connectivity index (χ3v) is 5.26. The molecule has 1 aromatic carbocycles. The normalized spacial score (nSPS) is 11.8. The smallest absolute Gasteiger partial charge is 0.240 e. The fraction of sp³-hybridized carbons (Fsp3) is 0.538. The van der Waals surface area contributed by atoms with Crippen LogP contribution in [0.5, 0.6) is 0 Å². The molecule has 0 unspecified atom stereocenters. The highest BCUT2D eigenvalue weighted by atomic mass is 79.9. The molecule has 0 aliphatic carbocycles. The average molecular weight is 365 g/mol. The molecule has 114 valence electrons. The molecule has 0 amide bonds. The number of halogens is 1. The van der Waals surface area contributed by atoms with Gasteiger partial charge < -0.3 is 10.1 Å². The molecular formula is C13H21BrN2O3S. The summed E-state index contributed by atoms with van der Waals surface area (Å²) in [5.41, 5.74) is 1.63. The van der Waals surface area contributed by atoms with Gasteiger partial charge in [-0.25, -0.2) is 13.1 Å². The van der Waals surface area contributed by atoms with Gasteiger partial charge in [-0.1, -0.05) is 15.9 Å². The molecule has 7 heteroatoms. The van der Waals surface area contributed by atoms with Crippen molar-refractivity contribution < 1.29 is 13.2 Å². The van der Waals surface area contributed by atoms with E-state index in [4.69, 9.17) is 4.74 Å². The molecule has 0 saturated carbocycles. The van der Waals surface area contributed by atoms with Gasteiger partial charge in [-0.3, -0.25) is 0 Å². The van der Waals surface area contributed by atoms with Gasteiger partial charge in [-0.05, 0) is 43.7 Å².